The van der Waals surface area contributed by atoms with Crippen LogP contribution in [-0.2, 0) is 0 Å². The Kier molecular flexibility index (Phi) is 3.18. The highest BCUT2D eigenvalue weighted by Gasteiger charge is 2.10. The van der Waals surface area contributed by atoms with Crippen molar-refractivity contribution in [2.24, 2.45) is 5.84 Å². The molecule has 0 saturated heterocycles. The highest BCUT2D eigenvalue weighted by atomic mass is 16.5. The number of methoxy groups -OCH3 is 1. The van der Waals surface area contributed by atoms with Gasteiger partial charge in [-0.25, -0.2) is 15.8 Å². The Bertz CT molecular complexity index is 743. The summed E-state index contributed by atoms with van der Waals surface area (Å²) in [5.41, 5.74) is 5.83. The number of hydrazine groups is 1. The predicted octanol–water partition coefficient (Wildman–Crippen LogP) is 2.59. The van der Waals surface area contributed by atoms with Crippen LogP contribution in [0.3, 0.4) is 0 Å². The van der Waals surface area contributed by atoms with E-state index in [1.54, 1.807) is 7.11 Å². The number of ether oxygens (including phenoxy) is 1. The summed E-state index contributed by atoms with van der Waals surface area (Å²) >= 11 is 0. The fourth-order valence-corrected chi connectivity index (χ4v) is 2.06. The van der Waals surface area contributed by atoms with Gasteiger partial charge in [-0.2, -0.15) is 0 Å². The molecule has 5 heteroatoms. The van der Waals surface area contributed by atoms with E-state index in [0.717, 1.165) is 28.0 Å². The lowest BCUT2D eigenvalue weighted by molar-refractivity contribution is 0.415. The third-order valence-corrected chi connectivity index (χ3v) is 3.06. The number of nitrogens with zero attached hydrogens (tertiary/aromatic N) is 2. The molecule has 0 aliphatic rings. The molecule has 0 aliphatic heterocycles. The number of benzene rings is 2. The Balaban J connectivity index is 2.22. The topological polar surface area (TPSA) is 73.1 Å². The number of rotatable bonds is 3. The third kappa shape index (κ3) is 2.15. The fraction of sp³-hybridized carbons (Fsp3) is 0.0667. The van der Waals surface area contributed by atoms with E-state index in [9.17, 15) is 0 Å². The SMILES string of the molecule is COc1ccc2nc(-c3ccccc3)c(NN)nc2c1. The normalized spacial score (nSPS) is 10.5. The van der Waals surface area contributed by atoms with Crippen molar-refractivity contribution in [2.45, 2.75) is 0 Å². The number of anilines is 1. The average Bonchev–Trinajstić information content (AvgIpc) is 2.53. The van der Waals surface area contributed by atoms with Crippen LogP contribution in [0.5, 0.6) is 5.75 Å². The van der Waals surface area contributed by atoms with Gasteiger partial charge in [-0.1, -0.05) is 30.3 Å². The molecule has 0 fully saturated rings. The van der Waals surface area contributed by atoms with E-state index in [4.69, 9.17) is 10.6 Å². The molecule has 0 atom stereocenters. The molecule has 0 unspecified atom stereocenters. The van der Waals surface area contributed by atoms with Gasteiger partial charge in [0.05, 0.1) is 18.1 Å². The summed E-state index contributed by atoms with van der Waals surface area (Å²) in [6, 6.07) is 15.4. The Hall–Kier alpha value is -2.66. The van der Waals surface area contributed by atoms with Crippen molar-refractivity contribution in [3.63, 3.8) is 0 Å². The Morgan fingerprint density at radius 2 is 1.80 bits per heavy atom. The van der Waals surface area contributed by atoms with Crippen LogP contribution in [0.2, 0.25) is 0 Å². The summed E-state index contributed by atoms with van der Waals surface area (Å²) in [5, 5.41) is 0. The lowest BCUT2D eigenvalue weighted by Gasteiger charge is -2.09. The van der Waals surface area contributed by atoms with Gasteiger partial charge in [-0.05, 0) is 12.1 Å². The van der Waals surface area contributed by atoms with E-state index < -0.39 is 0 Å². The second-order valence-corrected chi connectivity index (χ2v) is 4.29. The molecule has 0 aliphatic carbocycles. The van der Waals surface area contributed by atoms with Gasteiger partial charge in [-0.3, -0.25) is 0 Å². The maximum Gasteiger partial charge on any atom is 0.167 e. The Morgan fingerprint density at radius 1 is 1.00 bits per heavy atom. The number of fused-ring (bicyclic) bond motifs is 1. The van der Waals surface area contributed by atoms with Gasteiger partial charge in [0.2, 0.25) is 0 Å². The minimum absolute atomic E-state index is 0.539. The summed E-state index contributed by atoms with van der Waals surface area (Å²) in [4.78, 5) is 9.13. The third-order valence-electron chi connectivity index (χ3n) is 3.06. The molecule has 20 heavy (non-hydrogen) atoms. The molecule has 1 heterocycles. The van der Waals surface area contributed by atoms with Gasteiger partial charge in [0.1, 0.15) is 11.4 Å². The molecule has 0 saturated carbocycles. The summed E-state index contributed by atoms with van der Waals surface area (Å²) < 4.78 is 5.19. The van der Waals surface area contributed by atoms with E-state index in [-0.39, 0.29) is 0 Å². The predicted molar refractivity (Wildman–Crippen MR) is 79.3 cm³/mol. The average molecular weight is 266 g/mol. The van der Waals surface area contributed by atoms with Gasteiger partial charge >= 0.3 is 0 Å². The molecule has 5 nitrogen and oxygen atoms in total. The van der Waals surface area contributed by atoms with Crippen LogP contribution in [-0.4, -0.2) is 17.1 Å². The van der Waals surface area contributed by atoms with Crippen molar-refractivity contribution < 1.29 is 4.74 Å². The van der Waals surface area contributed by atoms with E-state index >= 15 is 0 Å². The molecule has 0 amide bonds. The van der Waals surface area contributed by atoms with Crippen molar-refractivity contribution in [1.29, 1.82) is 0 Å². The molecule has 2 aromatic carbocycles. The minimum atomic E-state index is 0.539. The number of nitrogen functional groups attached to an aromatic ring is 1. The number of hydrogen-bond acceptors (Lipinski definition) is 5. The van der Waals surface area contributed by atoms with Gasteiger partial charge in [0.15, 0.2) is 5.82 Å². The quantitative estimate of drug-likeness (QED) is 0.563. The van der Waals surface area contributed by atoms with Crippen LogP contribution in [0.15, 0.2) is 48.5 Å². The van der Waals surface area contributed by atoms with Crippen LogP contribution in [0.4, 0.5) is 5.82 Å². The second-order valence-electron chi connectivity index (χ2n) is 4.29. The first-order valence-corrected chi connectivity index (χ1v) is 6.19. The lowest BCUT2D eigenvalue weighted by Crippen LogP contribution is -2.11. The van der Waals surface area contributed by atoms with E-state index in [2.05, 4.69) is 15.4 Å². The van der Waals surface area contributed by atoms with Crippen LogP contribution < -0.4 is 16.0 Å². The van der Waals surface area contributed by atoms with E-state index in [0.29, 0.717) is 5.82 Å². The largest absolute Gasteiger partial charge is 0.497 e. The van der Waals surface area contributed by atoms with E-state index in [1.807, 2.05) is 48.5 Å². The number of hydrogen-bond donors (Lipinski definition) is 2. The molecule has 3 aromatic rings. The Labute approximate surface area is 116 Å². The van der Waals surface area contributed by atoms with Crippen LogP contribution in [0, 0.1) is 0 Å². The summed E-state index contributed by atoms with van der Waals surface area (Å²) in [5.74, 6) is 6.84. The zero-order chi connectivity index (χ0) is 13.9. The van der Waals surface area contributed by atoms with Crippen molar-refractivity contribution in [3.05, 3.63) is 48.5 Å². The van der Waals surface area contributed by atoms with Gasteiger partial charge in [0.25, 0.3) is 0 Å². The van der Waals surface area contributed by atoms with Gasteiger partial charge in [-0.15, -0.1) is 0 Å². The van der Waals surface area contributed by atoms with Crippen molar-refractivity contribution in [1.82, 2.24) is 9.97 Å². The minimum Gasteiger partial charge on any atom is -0.497 e. The van der Waals surface area contributed by atoms with Crippen LogP contribution in [0.1, 0.15) is 0 Å². The first-order valence-electron chi connectivity index (χ1n) is 6.19. The van der Waals surface area contributed by atoms with Crippen molar-refractivity contribution >= 4 is 16.9 Å². The molecule has 3 rings (SSSR count). The highest BCUT2D eigenvalue weighted by Crippen LogP contribution is 2.27. The molecular weight excluding hydrogens is 252 g/mol. The lowest BCUT2D eigenvalue weighted by atomic mass is 10.1. The van der Waals surface area contributed by atoms with E-state index in [1.165, 1.54) is 0 Å². The molecule has 100 valence electrons. The molecule has 3 N–H and O–H groups in total. The molecule has 0 radical (unpaired) electrons. The zero-order valence-electron chi connectivity index (χ0n) is 11.0. The maximum absolute atomic E-state index is 5.57. The number of nitrogens with one attached hydrogen (secondary N) is 1. The second kappa shape index (κ2) is 5.14. The summed E-state index contributed by atoms with van der Waals surface area (Å²) in [6.45, 7) is 0. The smallest absolute Gasteiger partial charge is 0.167 e. The van der Waals surface area contributed by atoms with Gasteiger partial charge in [0, 0.05) is 11.6 Å². The highest BCUT2D eigenvalue weighted by molar-refractivity contribution is 5.83. The Morgan fingerprint density at radius 3 is 2.50 bits per heavy atom. The first-order chi connectivity index (χ1) is 9.81. The molecule has 1 aromatic heterocycles. The standard InChI is InChI=1S/C15H14N4O/c1-20-11-7-8-12-13(9-11)18-15(19-16)14(17-12)10-5-3-2-4-6-10/h2-9H,16H2,1H3,(H,18,19). The molecule has 0 bridgehead atoms. The fourth-order valence-electron chi connectivity index (χ4n) is 2.06. The number of nitrogens with two attached hydrogens (primary N) is 1. The molecule has 0 spiro atoms. The van der Waals surface area contributed by atoms with Crippen LogP contribution in [0.25, 0.3) is 22.3 Å². The number of aromatic nitrogens is 2. The van der Waals surface area contributed by atoms with Gasteiger partial charge < -0.3 is 10.2 Å². The van der Waals surface area contributed by atoms with Crippen molar-refractivity contribution in [2.75, 3.05) is 12.5 Å². The monoisotopic (exact) mass is 266 g/mol. The first kappa shape index (κ1) is 12.4. The summed E-state index contributed by atoms with van der Waals surface area (Å²) in [7, 11) is 1.62. The van der Waals surface area contributed by atoms with Crippen molar-refractivity contribution in [3.8, 4) is 17.0 Å². The zero-order valence-corrected chi connectivity index (χ0v) is 11.0. The summed E-state index contributed by atoms with van der Waals surface area (Å²) in [6.07, 6.45) is 0. The maximum atomic E-state index is 5.57. The molecular formula is C15H14N4O. The van der Waals surface area contributed by atoms with Crippen LogP contribution >= 0.6 is 0 Å².